The number of alkyl halides is 1. The van der Waals surface area contributed by atoms with E-state index in [1.807, 2.05) is 24.3 Å². The van der Waals surface area contributed by atoms with Crippen LogP contribution in [0.25, 0.3) is 0 Å². The summed E-state index contributed by atoms with van der Waals surface area (Å²) >= 11 is 3.39. The van der Waals surface area contributed by atoms with Crippen molar-refractivity contribution in [2.45, 2.75) is 31.6 Å². The van der Waals surface area contributed by atoms with Gasteiger partial charge < -0.3 is 10.2 Å². The van der Waals surface area contributed by atoms with E-state index in [0.29, 0.717) is 12.6 Å². The summed E-state index contributed by atoms with van der Waals surface area (Å²) in [5.41, 5.74) is 1.89. The second kappa shape index (κ2) is 8.33. The molecule has 1 aromatic rings. The Hall–Kier alpha value is -0.870. The average molecular weight is 327 g/mol. The van der Waals surface area contributed by atoms with Gasteiger partial charge in [-0.2, -0.15) is 0 Å². The summed E-state index contributed by atoms with van der Waals surface area (Å²) in [6.45, 7) is 5.92. The van der Waals surface area contributed by atoms with E-state index in [-0.39, 0.29) is 5.91 Å². The van der Waals surface area contributed by atoms with Crippen molar-refractivity contribution in [1.82, 2.24) is 10.2 Å². The second-order valence-corrected chi connectivity index (χ2v) is 5.39. The van der Waals surface area contributed by atoms with E-state index in [1.54, 1.807) is 0 Å². The van der Waals surface area contributed by atoms with Crippen LogP contribution in [0.1, 0.15) is 36.2 Å². The monoisotopic (exact) mass is 326 g/mol. The predicted molar refractivity (Wildman–Crippen MR) is 83.8 cm³/mol. The topological polar surface area (TPSA) is 32.3 Å². The van der Waals surface area contributed by atoms with E-state index in [2.05, 4.69) is 47.0 Å². The minimum Gasteiger partial charge on any atom is -0.351 e. The molecule has 0 heterocycles. The van der Waals surface area contributed by atoms with Gasteiger partial charge in [-0.05, 0) is 38.1 Å². The maximum Gasteiger partial charge on any atom is 0.251 e. The minimum atomic E-state index is -0.00123. The Morgan fingerprint density at radius 1 is 1.37 bits per heavy atom. The SMILES string of the molecule is CCC(C)N(C)CCNC(=O)c1ccc(CBr)cc1. The molecule has 4 heteroatoms. The summed E-state index contributed by atoms with van der Waals surface area (Å²) < 4.78 is 0. The molecule has 0 radical (unpaired) electrons. The number of nitrogens with zero attached hydrogens (tertiary/aromatic N) is 1. The van der Waals surface area contributed by atoms with Crippen molar-refractivity contribution >= 4 is 21.8 Å². The number of amides is 1. The lowest BCUT2D eigenvalue weighted by molar-refractivity contribution is 0.0947. The lowest BCUT2D eigenvalue weighted by atomic mass is 10.1. The van der Waals surface area contributed by atoms with Gasteiger partial charge in [-0.15, -0.1) is 0 Å². The van der Waals surface area contributed by atoms with Crippen LogP contribution < -0.4 is 5.32 Å². The summed E-state index contributed by atoms with van der Waals surface area (Å²) in [4.78, 5) is 14.2. The third kappa shape index (κ3) is 5.33. The molecule has 106 valence electrons. The fraction of sp³-hybridized carbons (Fsp3) is 0.533. The molecule has 0 saturated carbocycles. The molecule has 0 spiro atoms. The van der Waals surface area contributed by atoms with Crippen LogP contribution in [-0.4, -0.2) is 37.0 Å². The van der Waals surface area contributed by atoms with Crippen LogP contribution in [-0.2, 0) is 5.33 Å². The average Bonchev–Trinajstić information content (AvgIpc) is 2.46. The van der Waals surface area contributed by atoms with E-state index in [4.69, 9.17) is 0 Å². The Balaban J connectivity index is 2.38. The van der Waals surface area contributed by atoms with Crippen molar-refractivity contribution in [3.05, 3.63) is 35.4 Å². The van der Waals surface area contributed by atoms with Crippen LogP contribution >= 0.6 is 15.9 Å². The molecule has 1 atom stereocenters. The summed E-state index contributed by atoms with van der Waals surface area (Å²) in [6, 6.07) is 8.22. The second-order valence-electron chi connectivity index (χ2n) is 4.82. The minimum absolute atomic E-state index is 0.00123. The lowest BCUT2D eigenvalue weighted by Crippen LogP contribution is -2.37. The first kappa shape index (κ1) is 16.2. The molecule has 0 aliphatic rings. The van der Waals surface area contributed by atoms with Crippen molar-refractivity contribution < 1.29 is 4.79 Å². The molecule has 1 N–H and O–H groups in total. The molecule has 0 saturated heterocycles. The van der Waals surface area contributed by atoms with Gasteiger partial charge in [0.1, 0.15) is 0 Å². The van der Waals surface area contributed by atoms with E-state index in [9.17, 15) is 4.79 Å². The molecule has 19 heavy (non-hydrogen) atoms. The zero-order chi connectivity index (χ0) is 14.3. The third-order valence-corrected chi connectivity index (χ3v) is 4.11. The number of benzene rings is 1. The molecular weight excluding hydrogens is 304 g/mol. The standard InChI is InChI=1S/C15H23BrN2O/c1-4-12(2)18(3)10-9-17-15(19)14-7-5-13(11-16)6-8-14/h5-8,12H,4,9-11H2,1-3H3,(H,17,19). The molecule has 0 aliphatic heterocycles. The van der Waals surface area contributed by atoms with E-state index in [1.165, 1.54) is 5.56 Å². The molecule has 0 bridgehead atoms. The lowest BCUT2D eigenvalue weighted by Gasteiger charge is -2.23. The maximum absolute atomic E-state index is 11.9. The number of carbonyl (C=O) groups is 1. The molecule has 0 fully saturated rings. The van der Waals surface area contributed by atoms with Gasteiger partial charge in [-0.1, -0.05) is 35.0 Å². The molecule has 1 aromatic carbocycles. The van der Waals surface area contributed by atoms with E-state index >= 15 is 0 Å². The maximum atomic E-state index is 11.9. The molecular formula is C15H23BrN2O. The number of likely N-dealkylation sites (N-methyl/N-ethyl adjacent to an activating group) is 1. The summed E-state index contributed by atoms with van der Waals surface area (Å²) in [5, 5.41) is 3.77. The summed E-state index contributed by atoms with van der Waals surface area (Å²) in [7, 11) is 2.09. The largest absolute Gasteiger partial charge is 0.351 e. The molecule has 0 aliphatic carbocycles. The van der Waals surface area contributed by atoms with Crippen molar-refractivity contribution in [2.75, 3.05) is 20.1 Å². The zero-order valence-corrected chi connectivity index (χ0v) is 13.5. The number of rotatable bonds is 7. The molecule has 1 rings (SSSR count). The molecule has 3 nitrogen and oxygen atoms in total. The van der Waals surface area contributed by atoms with Crippen LogP contribution in [0.3, 0.4) is 0 Å². The summed E-state index contributed by atoms with van der Waals surface area (Å²) in [6.07, 6.45) is 1.12. The zero-order valence-electron chi connectivity index (χ0n) is 11.9. The third-order valence-electron chi connectivity index (χ3n) is 3.46. The van der Waals surface area contributed by atoms with Gasteiger partial charge >= 0.3 is 0 Å². The number of hydrogen-bond donors (Lipinski definition) is 1. The van der Waals surface area contributed by atoms with Gasteiger partial charge in [0, 0.05) is 30.0 Å². The fourth-order valence-corrected chi connectivity index (χ4v) is 2.10. The van der Waals surface area contributed by atoms with Gasteiger partial charge in [-0.25, -0.2) is 0 Å². The van der Waals surface area contributed by atoms with Gasteiger partial charge in [0.05, 0.1) is 0 Å². The van der Waals surface area contributed by atoms with Crippen molar-refractivity contribution in [3.63, 3.8) is 0 Å². The number of halogens is 1. The van der Waals surface area contributed by atoms with Crippen molar-refractivity contribution in [2.24, 2.45) is 0 Å². The normalized spacial score (nSPS) is 12.5. The number of hydrogen-bond acceptors (Lipinski definition) is 2. The van der Waals surface area contributed by atoms with Crippen molar-refractivity contribution in [3.8, 4) is 0 Å². The Labute approximate surface area is 124 Å². The van der Waals surface area contributed by atoms with Crippen LogP contribution in [0.15, 0.2) is 24.3 Å². The molecule has 1 unspecified atom stereocenters. The highest BCUT2D eigenvalue weighted by Crippen LogP contribution is 2.07. The Morgan fingerprint density at radius 3 is 2.53 bits per heavy atom. The van der Waals surface area contributed by atoms with Crippen LogP contribution in [0.2, 0.25) is 0 Å². The van der Waals surface area contributed by atoms with Crippen LogP contribution in [0.5, 0.6) is 0 Å². The first-order valence-electron chi connectivity index (χ1n) is 6.71. The predicted octanol–water partition coefficient (Wildman–Crippen LogP) is 3.04. The molecule has 0 aromatic heterocycles. The van der Waals surface area contributed by atoms with Crippen LogP contribution in [0.4, 0.5) is 0 Å². The van der Waals surface area contributed by atoms with Crippen LogP contribution in [0, 0.1) is 0 Å². The fourth-order valence-electron chi connectivity index (χ4n) is 1.73. The van der Waals surface area contributed by atoms with Gasteiger partial charge in [-0.3, -0.25) is 4.79 Å². The first-order valence-corrected chi connectivity index (χ1v) is 7.84. The smallest absolute Gasteiger partial charge is 0.251 e. The van der Waals surface area contributed by atoms with E-state index < -0.39 is 0 Å². The number of carbonyl (C=O) groups excluding carboxylic acids is 1. The Bertz CT molecular complexity index is 392. The first-order chi connectivity index (χ1) is 9.08. The van der Waals surface area contributed by atoms with E-state index in [0.717, 1.165) is 23.9 Å². The Morgan fingerprint density at radius 2 is 2.00 bits per heavy atom. The van der Waals surface area contributed by atoms with Crippen molar-refractivity contribution in [1.29, 1.82) is 0 Å². The number of nitrogens with one attached hydrogen (secondary N) is 1. The highest BCUT2D eigenvalue weighted by Gasteiger charge is 2.08. The summed E-state index contributed by atoms with van der Waals surface area (Å²) in [5.74, 6) is -0.00123. The Kier molecular flexibility index (Phi) is 7.10. The van der Waals surface area contributed by atoms with Gasteiger partial charge in [0.25, 0.3) is 5.91 Å². The quantitative estimate of drug-likeness (QED) is 0.781. The van der Waals surface area contributed by atoms with Gasteiger partial charge in [0.2, 0.25) is 0 Å². The highest BCUT2D eigenvalue weighted by molar-refractivity contribution is 9.08. The highest BCUT2D eigenvalue weighted by atomic mass is 79.9. The van der Waals surface area contributed by atoms with Gasteiger partial charge in [0.15, 0.2) is 0 Å². The molecule has 1 amide bonds.